The molecule has 0 saturated carbocycles. The number of halogens is 2. The maximum Gasteiger partial charge on any atom is 0.137 e. The van der Waals surface area contributed by atoms with Crippen molar-refractivity contribution < 1.29 is 8.60 Å². The van der Waals surface area contributed by atoms with E-state index >= 15 is 0 Å². The molecule has 1 unspecified atom stereocenters. The summed E-state index contributed by atoms with van der Waals surface area (Å²) in [4.78, 5) is 0. The van der Waals surface area contributed by atoms with Crippen LogP contribution >= 0.6 is 15.9 Å². The summed E-state index contributed by atoms with van der Waals surface area (Å²) in [5, 5.41) is 3.05. The number of nitrogens with one attached hydrogen (secondary N) is 1. The first kappa shape index (κ1) is 11.7. The number of hydrogen-bond donors (Lipinski definition) is 1. The highest BCUT2D eigenvalue weighted by Crippen LogP contribution is 2.19. The third-order valence-corrected chi connectivity index (χ3v) is 3.02. The van der Waals surface area contributed by atoms with Gasteiger partial charge in [0.15, 0.2) is 0 Å². The summed E-state index contributed by atoms with van der Waals surface area (Å²) >= 11 is 3.09. The highest BCUT2D eigenvalue weighted by Gasteiger charge is 1.99. The first-order chi connectivity index (χ1) is 6.59. The van der Waals surface area contributed by atoms with E-state index in [1.165, 1.54) is 6.07 Å². The van der Waals surface area contributed by atoms with Crippen molar-refractivity contribution in [3.63, 3.8) is 0 Å². The van der Waals surface area contributed by atoms with Crippen LogP contribution in [0.3, 0.4) is 0 Å². The van der Waals surface area contributed by atoms with Crippen molar-refractivity contribution in [1.82, 2.24) is 0 Å². The maximum absolute atomic E-state index is 12.8. The van der Waals surface area contributed by atoms with E-state index in [2.05, 4.69) is 21.2 Å². The van der Waals surface area contributed by atoms with Crippen LogP contribution in [0.4, 0.5) is 10.1 Å². The number of rotatable bonds is 4. The second-order valence-corrected chi connectivity index (χ2v) is 5.24. The Morgan fingerprint density at radius 3 is 2.86 bits per heavy atom. The van der Waals surface area contributed by atoms with Crippen molar-refractivity contribution in [3.05, 3.63) is 28.5 Å². The topological polar surface area (TPSA) is 29.1 Å². The molecule has 0 saturated heterocycles. The zero-order valence-corrected chi connectivity index (χ0v) is 10.1. The summed E-state index contributed by atoms with van der Waals surface area (Å²) in [7, 11) is -0.797. The fourth-order valence-electron chi connectivity index (χ4n) is 0.945. The van der Waals surface area contributed by atoms with Gasteiger partial charge in [-0.05, 0) is 34.1 Å². The van der Waals surface area contributed by atoms with E-state index in [0.717, 1.165) is 5.69 Å². The van der Waals surface area contributed by atoms with Gasteiger partial charge in [0.25, 0.3) is 0 Å². The Labute approximate surface area is 93.5 Å². The van der Waals surface area contributed by atoms with Gasteiger partial charge in [-0.2, -0.15) is 0 Å². The molecule has 0 heterocycles. The third kappa shape index (κ3) is 3.75. The highest BCUT2D eigenvalue weighted by molar-refractivity contribution is 9.10. The van der Waals surface area contributed by atoms with Crippen LogP contribution in [0.5, 0.6) is 0 Å². The molecule has 0 spiro atoms. The summed E-state index contributed by atoms with van der Waals surface area (Å²) in [6.07, 6.45) is 1.66. The second-order valence-electron chi connectivity index (χ2n) is 2.83. The summed E-state index contributed by atoms with van der Waals surface area (Å²) < 4.78 is 24.0. The molecular weight excluding hydrogens is 269 g/mol. The normalized spacial score (nSPS) is 12.5. The van der Waals surface area contributed by atoms with Gasteiger partial charge in [-0.15, -0.1) is 0 Å². The van der Waals surface area contributed by atoms with E-state index in [1.54, 1.807) is 18.4 Å². The first-order valence-electron chi connectivity index (χ1n) is 4.08. The number of anilines is 1. The minimum absolute atomic E-state index is 0.283. The Hall–Kier alpha value is -0.420. The van der Waals surface area contributed by atoms with Crippen LogP contribution in [0.15, 0.2) is 22.7 Å². The lowest BCUT2D eigenvalue weighted by Crippen LogP contribution is -2.09. The average molecular weight is 280 g/mol. The highest BCUT2D eigenvalue weighted by atomic mass is 79.9. The zero-order chi connectivity index (χ0) is 10.6. The Kier molecular flexibility index (Phi) is 4.54. The molecule has 1 N–H and O–H groups in total. The van der Waals surface area contributed by atoms with E-state index in [0.29, 0.717) is 16.8 Å². The van der Waals surface area contributed by atoms with Gasteiger partial charge in [-0.25, -0.2) is 4.39 Å². The van der Waals surface area contributed by atoms with Crippen LogP contribution in [-0.2, 0) is 10.8 Å². The summed E-state index contributed by atoms with van der Waals surface area (Å²) in [5.41, 5.74) is 0.823. The molecule has 0 aliphatic rings. The molecule has 0 aliphatic heterocycles. The van der Waals surface area contributed by atoms with E-state index in [-0.39, 0.29) is 5.82 Å². The van der Waals surface area contributed by atoms with E-state index in [9.17, 15) is 8.60 Å². The van der Waals surface area contributed by atoms with Gasteiger partial charge in [-0.1, -0.05) is 0 Å². The van der Waals surface area contributed by atoms with Gasteiger partial charge in [-0.3, -0.25) is 4.21 Å². The summed E-state index contributed by atoms with van der Waals surface area (Å²) in [6, 6.07) is 4.70. The fourth-order valence-corrected chi connectivity index (χ4v) is 1.71. The van der Waals surface area contributed by atoms with Gasteiger partial charge in [0.1, 0.15) is 5.82 Å². The first-order valence-corrected chi connectivity index (χ1v) is 6.60. The van der Waals surface area contributed by atoms with Gasteiger partial charge in [0.2, 0.25) is 0 Å². The van der Waals surface area contributed by atoms with E-state index in [1.807, 2.05) is 0 Å². The average Bonchev–Trinajstić information content (AvgIpc) is 2.10. The summed E-state index contributed by atoms with van der Waals surface area (Å²) in [6.45, 7) is 0.626. The molecule has 0 aromatic heterocycles. The molecule has 0 fully saturated rings. The zero-order valence-electron chi connectivity index (χ0n) is 7.72. The lowest BCUT2D eigenvalue weighted by molar-refractivity contribution is 0.621. The molecule has 0 radical (unpaired) electrons. The monoisotopic (exact) mass is 279 g/mol. The third-order valence-electron chi connectivity index (χ3n) is 1.64. The SMILES string of the molecule is CS(=O)CCNc1ccc(F)c(Br)c1. The van der Waals surface area contributed by atoms with E-state index < -0.39 is 10.8 Å². The van der Waals surface area contributed by atoms with Crippen molar-refractivity contribution in [2.45, 2.75) is 0 Å². The Balaban J connectivity index is 2.51. The molecule has 2 nitrogen and oxygen atoms in total. The van der Waals surface area contributed by atoms with Crippen molar-refractivity contribution in [1.29, 1.82) is 0 Å². The van der Waals surface area contributed by atoms with Gasteiger partial charge < -0.3 is 5.32 Å². The molecule has 1 atom stereocenters. The van der Waals surface area contributed by atoms with E-state index in [4.69, 9.17) is 0 Å². The molecule has 5 heteroatoms. The Morgan fingerprint density at radius 2 is 2.29 bits per heavy atom. The van der Waals surface area contributed by atoms with Crippen LogP contribution in [0.25, 0.3) is 0 Å². The van der Waals surface area contributed by atoms with Gasteiger partial charge in [0.05, 0.1) is 4.47 Å². The van der Waals surface area contributed by atoms with Gasteiger partial charge in [0, 0.05) is 35.0 Å². The largest absolute Gasteiger partial charge is 0.384 e. The quantitative estimate of drug-likeness (QED) is 0.917. The molecule has 78 valence electrons. The van der Waals surface area contributed by atoms with Crippen molar-refractivity contribution >= 4 is 32.4 Å². The van der Waals surface area contributed by atoms with Crippen molar-refractivity contribution in [2.75, 3.05) is 23.9 Å². The molecule has 0 amide bonds. The van der Waals surface area contributed by atoms with Crippen LogP contribution in [0.1, 0.15) is 0 Å². The number of benzene rings is 1. The van der Waals surface area contributed by atoms with Crippen molar-refractivity contribution in [2.24, 2.45) is 0 Å². The maximum atomic E-state index is 12.8. The molecule has 14 heavy (non-hydrogen) atoms. The van der Waals surface area contributed by atoms with Crippen LogP contribution < -0.4 is 5.32 Å². The lowest BCUT2D eigenvalue weighted by atomic mass is 10.3. The smallest absolute Gasteiger partial charge is 0.137 e. The predicted octanol–water partition coefficient (Wildman–Crippen LogP) is 2.38. The predicted molar refractivity (Wildman–Crippen MR) is 61.5 cm³/mol. The second kappa shape index (κ2) is 5.46. The van der Waals surface area contributed by atoms with Gasteiger partial charge >= 0.3 is 0 Å². The van der Waals surface area contributed by atoms with Crippen LogP contribution in [-0.4, -0.2) is 22.8 Å². The molecule has 0 aliphatic carbocycles. The molecule has 0 bridgehead atoms. The molecule has 1 aromatic rings. The standard InChI is InChI=1S/C9H11BrFNOS/c1-14(13)5-4-12-7-2-3-9(11)8(10)6-7/h2-3,6,12H,4-5H2,1H3. The summed E-state index contributed by atoms with van der Waals surface area (Å²) in [5.74, 6) is 0.309. The number of hydrogen-bond acceptors (Lipinski definition) is 2. The molecule has 1 aromatic carbocycles. The minimum atomic E-state index is -0.797. The molecular formula is C9H11BrFNOS. The fraction of sp³-hybridized carbons (Fsp3) is 0.333. The van der Waals surface area contributed by atoms with Crippen molar-refractivity contribution in [3.8, 4) is 0 Å². The Bertz CT molecular complexity index is 346. The Morgan fingerprint density at radius 1 is 1.57 bits per heavy atom. The van der Waals surface area contributed by atoms with Crippen LogP contribution in [0, 0.1) is 5.82 Å². The molecule has 1 rings (SSSR count). The lowest BCUT2D eigenvalue weighted by Gasteiger charge is -2.05. The minimum Gasteiger partial charge on any atom is -0.384 e. The van der Waals surface area contributed by atoms with Crippen LogP contribution in [0.2, 0.25) is 0 Å².